The highest BCUT2D eigenvalue weighted by molar-refractivity contribution is 5.85. The lowest BCUT2D eigenvalue weighted by atomic mass is 9.82. The molecule has 0 radical (unpaired) electrons. The molecule has 4 nitrogen and oxygen atoms in total. The van der Waals surface area contributed by atoms with Crippen molar-refractivity contribution in [2.75, 3.05) is 13.7 Å². The minimum absolute atomic E-state index is 0.109. The summed E-state index contributed by atoms with van der Waals surface area (Å²) in [7, 11) is 1.39. The molecular weight excluding hydrogens is 278 g/mol. The lowest BCUT2D eigenvalue weighted by Crippen LogP contribution is -2.42. The van der Waals surface area contributed by atoms with Crippen LogP contribution in [-0.2, 0) is 27.2 Å². The highest BCUT2D eigenvalue weighted by Gasteiger charge is 2.35. The zero-order valence-electron chi connectivity index (χ0n) is 13.1. The van der Waals surface area contributed by atoms with Crippen LogP contribution < -0.4 is 0 Å². The number of carbonyl (C=O) groups excluding carboxylic acids is 2. The van der Waals surface area contributed by atoms with Crippen LogP contribution in [0.3, 0.4) is 0 Å². The number of benzene rings is 1. The van der Waals surface area contributed by atoms with Gasteiger partial charge in [-0.3, -0.25) is 4.79 Å². The number of ether oxygens (including phenoxy) is 1. The molecule has 1 saturated heterocycles. The van der Waals surface area contributed by atoms with E-state index in [1.54, 1.807) is 4.90 Å². The fourth-order valence-electron chi connectivity index (χ4n) is 3.76. The molecule has 1 unspecified atom stereocenters. The van der Waals surface area contributed by atoms with Crippen molar-refractivity contribution >= 4 is 11.9 Å². The molecule has 2 aliphatic rings. The molecule has 1 amide bonds. The topological polar surface area (TPSA) is 46.6 Å². The Labute approximate surface area is 131 Å². The largest absolute Gasteiger partial charge is 0.467 e. The molecule has 2 atom stereocenters. The van der Waals surface area contributed by atoms with Crippen molar-refractivity contribution in [2.45, 2.75) is 44.6 Å². The summed E-state index contributed by atoms with van der Waals surface area (Å²) >= 11 is 0. The summed E-state index contributed by atoms with van der Waals surface area (Å²) in [5.41, 5.74) is 2.79. The molecule has 1 aromatic rings. The number of rotatable bonds is 3. The Morgan fingerprint density at radius 2 is 2.00 bits per heavy atom. The van der Waals surface area contributed by atoms with Crippen LogP contribution in [0.1, 0.15) is 36.8 Å². The van der Waals surface area contributed by atoms with Gasteiger partial charge in [0.15, 0.2) is 0 Å². The third-order valence-electron chi connectivity index (χ3n) is 4.96. The van der Waals surface area contributed by atoms with Crippen LogP contribution in [0, 0.1) is 5.92 Å². The Kier molecular flexibility index (Phi) is 4.46. The number of methoxy groups -OCH3 is 1. The summed E-state index contributed by atoms with van der Waals surface area (Å²) in [5.74, 6) is 0.221. The van der Waals surface area contributed by atoms with E-state index in [4.69, 9.17) is 4.74 Å². The average Bonchev–Trinajstić information content (AvgIpc) is 3.03. The second kappa shape index (κ2) is 6.51. The van der Waals surface area contributed by atoms with E-state index in [1.165, 1.54) is 18.2 Å². The Bertz CT molecular complexity index is 569. The van der Waals surface area contributed by atoms with Gasteiger partial charge in [-0.05, 0) is 49.1 Å². The normalized spacial score (nSPS) is 24.0. The second-order valence-corrected chi connectivity index (χ2v) is 6.35. The maximum absolute atomic E-state index is 12.6. The third-order valence-corrected chi connectivity index (χ3v) is 4.96. The number of hydrogen-bond donors (Lipinski definition) is 0. The number of nitrogens with zero attached hydrogens (tertiary/aromatic N) is 1. The van der Waals surface area contributed by atoms with Gasteiger partial charge in [0.2, 0.25) is 5.91 Å². The molecular formula is C18H23NO3. The molecule has 1 heterocycles. The predicted octanol–water partition coefficient (Wildman–Crippen LogP) is 2.35. The van der Waals surface area contributed by atoms with Crippen molar-refractivity contribution in [3.63, 3.8) is 0 Å². The second-order valence-electron chi connectivity index (χ2n) is 6.35. The van der Waals surface area contributed by atoms with Crippen molar-refractivity contribution in [1.82, 2.24) is 4.90 Å². The average molecular weight is 301 g/mol. The van der Waals surface area contributed by atoms with Gasteiger partial charge in [-0.2, -0.15) is 0 Å². The number of amides is 1. The molecule has 0 aromatic heterocycles. The third kappa shape index (κ3) is 3.01. The quantitative estimate of drug-likeness (QED) is 0.805. The van der Waals surface area contributed by atoms with Crippen molar-refractivity contribution in [3.8, 4) is 0 Å². The summed E-state index contributed by atoms with van der Waals surface area (Å²) in [4.78, 5) is 26.1. The minimum atomic E-state index is -0.367. The van der Waals surface area contributed by atoms with Crippen molar-refractivity contribution in [1.29, 1.82) is 0 Å². The maximum atomic E-state index is 12.6. The maximum Gasteiger partial charge on any atom is 0.328 e. The lowest BCUT2D eigenvalue weighted by Gasteiger charge is -2.28. The van der Waals surface area contributed by atoms with E-state index < -0.39 is 0 Å². The Morgan fingerprint density at radius 3 is 2.77 bits per heavy atom. The molecule has 0 N–H and O–H groups in total. The smallest absolute Gasteiger partial charge is 0.328 e. The molecule has 3 rings (SSSR count). The first-order valence-electron chi connectivity index (χ1n) is 8.13. The number of hydrogen-bond acceptors (Lipinski definition) is 3. The van der Waals surface area contributed by atoms with Crippen LogP contribution in [0.15, 0.2) is 24.3 Å². The van der Waals surface area contributed by atoms with E-state index >= 15 is 0 Å². The summed E-state index contributed by atoms with van der Waals surface area (Å²) in [6, 6.07) is 8.13. The zero-order valence-corrected chi connectivity index (χ0v) is 13.1. The van der Waals surface area contributed by atoms with Crippen molar-refractivity contribution in [3.05, 3.63) is 35.4 Å². The number of esters is 1. The standard InChI is InChI=1S/C18H23NO3/c1-22-18(21)16-7-4-10-19(16)17(20)12-13-8-9-14-5-2-3-6-15(14)11-13/h2-3,5-6,13,16H,4,7-12H2,1H3/t13?,16-/m1/s1. The van der Waals surface area contributed by atoms with Crippen LogP contribution in [0.2, 0.25) is 0 Å². The number of aryl methyl sites for hydroxylation is 1. The molecule has 118 valence electrons. The van der Waals surface area contributed by atoms with Crippen molar-refractivity contribution in [2.24, 2.45) is 5.92 Å². The first kappa shape index (κ1) is 15.1. The van der Waals surface area contributed by atoms with Crippen LogP contribution >= 0.6 is 0 Å². The summed E-state index contributed by atoms with van der Waals surface area (Å²) in [6.07, 6.45) is 5.24. The van der Waals surface area contributed by atoms with Gasteiger partial charge < -0.3 is 9.64 Å². The van der Waals surface area contributed by atoms with Gasteiger partial charge >= 0.3 is 5.97 Å². The van der Waals surface area contributed by atoms with Gasteiger partial charge in [-0.1, -0.05) is 24.3 Å². The van der Waals surface area contributed by atoms with Crippen LogP contribution in [0.5, 0.6) is 0 Å². The van der Waals surface area contributed by atoms with E-state index in [9.17, 15) is 9.59 Å². The van der Waals surface area contributed by atoms with Gasteiger partial charge in [-0.25, -0.2) is 4.79 Å². The van der Waals surface area contributed by atoms with Gasteiger partial charge in [0.25, 0.3) is 0 Å². The van der Waals surface area contributed by atoms with E-state index in [-0.39, 0.29) is 17.9 Å². The first-order chi connectivity index (χ1) is 10.7. The zero-order chi connectivity index (χ0) is 15.5. The fourth-order valence-corrected chi connectivity index (χ4v) is 3.76. The van der Waals surface area contributed by atoms with E-state index in [0.717, 1.165) is 32.1 Å². The minimum Gasteiger partial charge on any atom is -0.467 e. The summed E-state index contributed by atoms with van der Waals surface area (Å²) in [5, 5.41) is 0. The predicted molar refractivity (Wildman–Crippen MR) is 83.3 cm³/mol. The monoisotopic (exact) mass is 301 g/mol. The van der Waals surface area contributed by atoms with Crippen LogP contribution in [0.4, 0.5) is 0 Å². The van der Waals surface area contributed by atoms with Crippen LogP contribution in [-0.4, -0.2) is 36.5 Å². The molecule has 4 heteroatoms. The van der Waals surface area contributed by atoms with Gasteiger partial charge in [0.1, 0.15) is 6.04 Å². The van der Waals surface area contributed by atoms with Gasteiger partial charge in [0, 0.05) is 13.0 Å². The van der Waals surface area contributed by atoms with Crippen LogP contribution in [0.25, 0.3) is 0 Å². The van der Waals surface area contributed by atoms with E-state index in [0.29, 0.717) is 18.9 Å². The molecule has 1 fully saturated rings. The number of fused-ring (bicyclic) bond motifs is 1. The molecule has 1 aliphatic carbocycles. The number of likely N-dealkylation sites (tertiary alicyclic amines) is 1. The Balaban J connectivity index is 1.62. The highest BCUT2D eigenvalue weighted by atomic mass is 16.5. The SMILES string of the molecule is COC(=O)[C@H]1CCCN1C(=O)CC1CCc2ccccc2C1. The van der Waals surface area contributed by atoms with Gasteiger partial charge in [0.05, 0.1) is 7.11 Å². The van der Waals surface area contributed by atoms with E-state index in [1.807, 2.05) is 0 Å². The Hall–Kier alpha value is -1.84. The Morgan fingerprint density at radius 1 is 1.23 bits per heavy atom. The summed E-state index contributed by atoms with van der Waals surface area (Å²) in [6.45, 7) is 0.682. The molecule has 0 bridgehead atoms. The summed E-state index contributed by atoms with van der Waals surface area (Å²) < 4.78 is 4.82. The molecule has 1 aliphatic heterocycles. The van der Waals surface area contributed by atoms with Gasteiger partial charge in [-0.15, -0.1) is 0 Å². The molecule has 0 saturated carbocycles. The molecule has 22 heavy (non-hydrogen) atoms. The fraction of sp³-hybridized carbons (Fsp3) is 0.556. The van der Waals surface area contributed by atoms with E-state index in [2.05, 4.69) is 24.3 Å². The first-order valence-corrected chi connectivity index (χ1v) is 8.13. The molecule has 1 aromatic carbocycles. The lowest BCUT2D eigenvalue weighted by molar-refractivity contribution is -0.151. The van der Waals surface area contributed by atoms with Crippen molar-refractivity contribution < 1.29 is 14.3 Å². The highest BCUT2D eigenvalue weighted by Crippen LogP contribution is 2.29. The number of carbonyl (C=O) groups is 2. The molecule has 0 spiro atoms.